The molecule has 1 N–H and O–H groups in total. The minimum absolute atomic E-state index is 0.0335. The molecular weight excluding hydrogens is 417 g/mol. The van der Waals surface area contributed by atoms with E-state index in [1.807, 2.05) is 24.3 Å². The van der Waals surface area contributed by atoms with E-state index < -0.39 is 5.25 Å². The number of amides is 2. The van der Waals surface area contributed by atoms with Crippen molar-refractivity contribution in [2.75, 3.05) is 12.4 Å². The van der Waals surface area contributed by atoms with Crippen molar-refractivity contribution in [1.82, 2.24) is 4.90 Å². The van der Waals surface area contributed by atoms with E-state index in [4.69, 9.17) is 9.73 Å². The molecule has 1 atom stereocenters. The van der Waals surface area contributed by atoms with E-state index in [1.165, 1.54) is 36.0 Å². The fourth-order valence-corrected chi connectivity index (χ4v) is 5.09. The summed E-state index contributed by atoms with van der Waals surface area (Å²) >= 11 is 1.33. The third kappa shape index (κ3) is 5.07. The summed E-state index contributed by atoms with van der Waals surface area (Å²) in [6.07, 6.45) is 4.10. The van der Waals surface area contributed by atoms with Crippen LogP contribution >= 0.6 is 11.8 Å². The van der Waals surface area contributed by atoms with Crippen LogP contribution in [0.25, 0.3) is 0 Å². The van der Waals surface area contributed by atoms with Gasteiger partial charge in [0, 0.05) is 18.2 Å². The summed E-state index contributed by atoms with van der Waals surface area (Å²) in [5.41, 5.74) is 1.23. The molecule has 1 heterocycles. The van der Waals surface area contributed by atoms with Crippen molar-refractivity contribution in [3.63, 3.8) is 0 Å². The maximum atomic E-state index is 13.2. The monoisotopic (exact) mass is 441 g/mol. The molecule has 8 heteroatoms. The van der Waals surface area contributed by atoms with Gasteiger partial charge in [-0.3, -0.25) is 14.5 Å². The highest BCUT2D eigenvalue weighted by atomic mass is 32.2. The molecule has 6 nitrogen and oxygen atoms in total. The first-order chi connectivity index (χ1) is 15.0. The topological polar surface area (TPSA) is 71.0 Å². The second kappa shape index (κ2) is 9.51. The summed E-state index contributed by atoms with van der Waals surface area (Å²) in [6.45, 7) is 0. The highest BCUT2D eigenvalue weighted by Gasteiger charge is 2.43. The van der Waals surface area contributed by atoms with Gasteiger partial charge in [-0.25, -0.2) is 9.38 Å². The van der Waals surface area contributed by atoms with E-state index in [9.17, 15) is 14.0 Å². The molecule has 1 saturated carbocycles. The largest absolute Gasteiger partial charge is 0.497 e. The van der Waals surface area contributed by atoms with Gasteiger partial charge in [0.25, 0.3) is 0 Å². The van der Waals surface area contributed by atoms with E-state index >= 15 is 0 Å². The van der Waals surface area contributed by atoms with Crippen LogP contribution in [0.15, 0.2) is 53.5 Å². The van der Waals surface area contributed by atoms with Gasteiger partial charge >= 0.3 is 0 Å². The van der Waals surface area contributed by atoms with Crippen LogP contribution in [0, 0.1) is 5.82 Å². The quantitative estimate of drug-likeness (QED) is 0.703. The Morgan fingerprint density at radius 2 is 1.84 bits per heavy atom. The Kier molecular flexibility index (Phi) is 6.56. The number of benzene rings is 2. The van der Waals surface area contributed by atoms with Gasteiger partial charge in [-0.05, 0) is 61.4 Å². The van der Waals surface area contributed by atoms with Gasteiger partial charge in [-0.2, -0.15) is 0 Å². The van der Waals surface area contributed by atoms with E-state index in [-0.39, 0.29) is 30.1 Å². The van der Waals surface area contributed by atoms with Crippen molar-refractivity contribution in [1.29, 1.82) is 0 Å². The molecule has 31 heavy (non-hydrogen) atoms. The SMILES string of the molecule is COc1ccc(N=C2S[C@H](CC(=O)Nc3ccc(F)cc3)C(=O)N2C2CCCC2)cc1. The minimum Gasteiger partial charge on any atom is -0.497 e. The molecule has 0 unspecified atom stereocenters. The highest BCUT2D eigenvalue weighted by Crippen LogP contribution is 2.37. The van der Waals surface area contributed by atoms with Crippen molar-refractivity contribution < 1.29 is 18.7 Å². The third-order valence-electron chi connectivity index (χ3n) is 5.45. The fourth-order valence-electron chi connectivity index (χ4n) is 3.87. The van der Waals surface area contributed by atoms with Crippen LogP contribution in [0.4, 0.5) is 15.8 Å². The second-order valence-electron chi connectivity index (χ2n) is 7.60. The lowest BCUT2D eigenvalue weighted by atomic mass is 10.2. The molecular formula is C23H24FN3O3S. The lowest BCUT2D eigenvalue weighted by Crippen LogP contribution is -2.40. The molecule has 4 rings (SSSR count). The number of methoxy groups -OCH3 is 1. The average molecular weight is 442 g/mol. The first-order valence-electron chi connectivity index (χ1n) is 10.3. The number of nitrogens with zero attached hydrogens (tertiary/aromatic N) is 2. The normalized spacial score (nSPS) is 20.5. The Bertz CT molecular complexity index is 973. The molecule has 2 amide bonds. The Labute approximate surface area is 184 Å². The molecule has 162 valence electrons. The van der Waals surface area contributed by atoms with Crippen LogP contribution in [-0.2, 0) is 9.59 Å². The van der Waals surface area contributed by atoms with Crippen molar-refractivity contribution in [2.24, 2.45) is 4.99 Å². The van der Waals surface area contributed by atoms with Crippen molar-refractivity contribution >= 4 is 40.1 Å². The van der Waals surface area contributed by atoms with Crippen LogP contribution in [0.2, 0.25) is 0 Å². The zero-order chi connectivity index (χ0) is 21.8. The average Bonchev–Trinajstić information content (AvgIpc) is 3.39. The lowest BCUT2D eigenvalue weighted by molar-refractivity contribution is -0.129. The first-order valence-corrected chi connectivity index (χ1v) is 11.2. The molecule has 0 bridgehead atoms. The Hall–Kier alpha value is -2.87. The van der Waals surface area contributed by atoms with Crippen molar-refractivity contribution in [2.45, 2.75) is 43.4 Å². The molecule has 1 saturated heterocycles. The van der Waals surface area contributed by atoms with Crippen LogP contribution < -0.4 is 10.1 Å². The van der Waals surface area contributed by atoms with Crippen LogP contribution in [0.3, 0.4) is 0 Å². The molecule has 2 aromatic rings. The molecule has 0 spiro atoms. The van der Waals surface area contributed by atoms with Crippen molar-refractivity contribution in [3.05, 3.63) is 54.3 Å². The van der Waals surface area contributed by atoms with Crippen molar-refractivity contribution in [3.8, 4) is 5.75 Å². The number of nitrogens with one attached hydrogen (secondary N) is 1. The Balaban J connectivity index is 1.50. The minimum atomic E-state index is -0.530. The zero-order valence-electron chi connectivity index (χ0n) is 17.2. The standard InChI is InChI=1S/C23H24FN3O3S/c1-30-19-12-10-17(11-13-19)26-23-27(18-4-2-3-5-18)22(29)20(31-23)14-21(28)25-16-8-6-15(24)7-9-16/h6-13,18,20H,2-5,14H2,1H3,(H,25,28)/t20-/m1/s1. The maximum absolute atomic E-state index is 13.2. The number of hydrogen-bond donors (Lipinski definition) is 1. The molecule has 1 aliphatic carbocycles. The van der Waals surface area contributed by atoms with Gasteiger partial charge in [0.05, 0.1) is 12.8 Å². The number of aliphatic imine (C=N–C) groups is 1. The van der Waals surface area contributed by atoms with Gasteiger partial charge in [0.2, 0.25) is 11.8 Å². The van der Waals surface area contributed by atoms with Gasteiger partial charge < -0.3 is 10.1 Å². The predicted octanol–water partition coefficient (Wildman–Crippen LogP) is 4.74. The summed E-state index contributed by atoms with van der Waals surface area (Å²) < 4.78 is 18.3. The molecule has 0 aromatic heterocycles. The van der Waals surface area contributed by atoms with E-state index in [0.717, 1.165) is 37.1 Å². The summed E-state index contributed by atoms with van der Waals surface area (Å²) in [5, 5.41) is 2.85. The summed E-state index contributed by atoms with van der Waals surface area (Å²) in [5.74, 6) is 0.0150. The van der Waals surface area contributed by atoms with Gasteiger partial charge in [0.15, 0.2) is 5.17 Å². The second-order valence-corrected chi connectivity index (χ2v) is 8.77. The fraction of sp³-hybridized carbons (Fsp3) is 0.348. The molecule has 1 aliphatic heterocycles. The number of carbonyl (C=O) groups is 2. The summed E-state index contributed by atoms with van der Waals surface area (Å²) in [4.78, 5) is 32.2. The molecule has 2 aromatic carbocycles. The van der Waals surface area contributed by atoms with E-state index in [1.54, 1.807) is 12.0 Å². The van der Waals surface area contributed by atoms with Crippen LogP contribution in [0.1, 0.15) is 32.1 Å². The third-order valence-corrected chi connectivity index (χ3v) is 6.60. The highest BCUT2D eigenvalue weighted by molar-refractivity contribution is 8.15. The van der Waals surface area contributed by atoms with Gasteiger partial charge in [-0.1, -0.05) is 24.6 Å². The molecule has 2 fully saturated rings. The predicted molar refractivity (Wildman–Crippen MR) is 120 cm³/mol. The number of rotatable bonds is 6. The number of amidine groups is 1. The van der Waals surface area contributed by atoms with E-state index in [0.29, 0.717) is 10.9 Å². The Morgan fingerprint density at radius 3 is 2.48 bits per heavy atom. The number of anilines is 1. The van der Waals surface area contributed by atoms with Gasteiger partial charge in [-0.15, -0.1) is 0 Å². The van der Waals surface area contributed by atoms with Gasteiger partial charge in [0.1, 0.15) is 16.8 Å². The Morgan fingerprint density at radius 1 is 1.16 bits per heavy atom. The summed E-state index contributed by atoms with van der Waals surface area (Å²) in [7, 11) is 1.61. The van der Waals surface area contributed by atoms with Crippen LogP contribution in [0.5, 0.6) is 5.75 Å². The zero-order valence-corrected chi connectivity index (χ0v) is 18.0. The number of carbonyl (C=O) groups excluding carboxylic acids is 2. The maximum Gasteiger partial charge on any atom is 0.242 e. The number of hydrogen-bond acceptors (Lipinski definition) is 5. The number of halogens is 1. The lowest BCUT2D eigenvalue weighted by Gasteiger charge is -2.23. The van der Waals surface area contributed by atoms with E-state index in [2.05, 4.69) is 5.32 Å². The first kappa shape index (κ1) is 21.4. The summed E-state index contributed by atoms with van der Waals surface area (Å²) in [6, 6.07) is 13.0. The smallest absolute Gasteiger partial charge is 0.242 e. The van der Waals surface area contributed by atoms with Crippen LogP contribution in [-0.4, -0.2) is 40.3 Å². The molecule has 0 radical (unpaired) electrons. The molecule has 2 aliphatic rings. The number of ether oxygens (including phenoxy) is 1. The number of thioether (sulfide) groups is 1.